The van der Waals surface area contributed by atoms with Gasteiger partial charge in [0.25, 0.3) is 0 Å². The van der Waals surface area contributed by atoms with Crippen molar-refractivity contribution in [3.63, 3.8) is 0 Å². The van der Waals surface area contributed by atoms with Gasteiger partial charge in [0.1, 0.15) is 0 Å². The van der Waals surface area contributed by atoms with Gasteiger partial charge in [-0.15, -0.1) is 0 Å². The molecule has 0 bridgehead atoms. The van der Waals surface area contributed by atoms with E-state index in [1.807, 2.05) is 25.6 Å². The number of aryl methyl sites for hydroxylation is 3. The van der Waals surface area contributed by atoms with Crippen LogP contribution < -0.4 is 5.32 Å². The fourth-order valence-electron chi connectivity index (χ4n) is 2.41. The van der Waals surface area contributed by atoms with Gasteiger partial charge in [-0.1, -0.05) is 11.6 Å². The zero-order valence-electron chi connectivity index (χ0n) is 11.7. The molecule has 0 aliphatic rings. The second-order valence-corrected chi connectivity index (χ2v) is 5.01. The van der Waals surface area contributed by atoms with Crippen LogP contribution in [0.2, 0.25) is 5.02 Å². The number of rotatable bonds is 4. The molecule has 1 unspecified atom stereocenters. The van der Waals surface area contributed by atoms with Crippen molar-refractivity contribution >= 4 is 11.6 Å². The van der Waals surface area contributed by atoms with Crippen LogP contribution in [0.3, 0.4) is 0 Å². The summed E-state index contributed by atoms with van der Waals surface area (Å²) in [5, 5.41) is 8.31. The summed E-state index contributed by atoms with van der Waals surface area (Å²) in [7, 11) is 1.93. The fourth-order valence-corrected chi connectivity index (χ4v) is 2.66. The zero-order chi connectivity index (χ0) is 14.0. The summed E-state index contributed by atoms with van der Waals surface area (Å²) in [6.45, 7) is 6.86. The highest BCUT2D eigenvalue weighted by Gasteiger charge is 2.20. The van der Waals surface area contributed by atoms with E-state index in [-0.39, 0.29) is 6.04 Å². The van der Waals surface area contributed by atoms with Crippen molar-refractivity contribution in [3.8, 4) is 0 Å². The maximum atomic E-state index is 6.29. The van der Waals surface area contributed by atoms with Crippen LogP contribution in [0, 0.1) is 13.8 Å². The Morgan fingerprint density at radius 1 is 1.32 bits per heavy atom. The summed E-state index contributed by atoms with van der Waals surface area (Å²) in [5.74, 6) is 0. The molecule has 2 aromatic rings. The van der Waals surface area contributed by atoms with Gasteiger partial charge in [-0.2, -0.15) is 5.10 Å². The molecule has 19 heavy (non-hydrogen) atoms. The minimum Gasteiger partial charge on any atom is -0.308 e. The number of aromatic nitrogens is 3. The SMILES string of the molecule is CCn1ncc(Cl)c1C(NC)c1cc(C)nc(C)c1. The third-order valence-electron chi connectivity index (χ3n) is 3.13. The van der Waals surface area contributed by atoms with E-state index in [0.717, 1.165) is 29.2 Å². The van der Waals surface area contributed by atoms with Gasteiger partial charge in [0.15, 0.2) is 0 Å². The third kappa shape index (κ3) is 2.80. The Morgan fingerprint density at radius 2 is 1.95 bits per heavy atom. The van der Waals surface area contributed by atoms with Crippen molar-refractivity contribution in [2.45, 2.75) is 33.4 Å². The molecule has 0 aliphatic carbocycles. The number of hydrogen-bond acceptors (Lipinski definition) is 3. The van der Waals surface area contributed by atoms with Crippen molar-refractivity contribution in [1.29, 1.82) is 0 Å². The first-order valence-electron chi connectivity index (χ1n) is 6.40. The fraction of sp³-hybridized carbons (Fsp3) is 0.429. The van der Waals surface area contributed by atoms with Crippen LogP contribution >= 0.6 is 11.6 Å². The number of nitrogens with one attached hydrogen (secondary N) is 1. The molecule has 2 aromatic heterocycles. The smallest absolute Gasteiger partial charge is 0.0837 e. The summed E-state index contributed by atoms with van der Waals surface area (Å²) < 4.78 is 1.93. The van der Waals surface area contributed by atoms with Crippen molar-refractivity contribution < 1.29 is 0 Å². The van der Waals surface area contributed by atoms with Crippen molar-refractivity contribution in [2.75, 3.05) is 7.05 Å². The van der Waals surface area contributed by atoms with Gasteiger partial charge in [-0.25, -0.2) is 0 Å². The average molecular weight is 279 g/mol. The predicted octanol–water partition coefficient (Wildman–Crippen LogP) is 2.88. The largest absolute Gasteiger partial charge is 0.308 e. The minimum absolute atomic E-state index is 0.0235. The first-order valence-corrected chi connectivity index (χ1v) is 6.78. The Kier molecular flexibility index (Phi) is 4.22. The van der Waals surface area contributed by atoms with Crippen LogP contribution in [0.15, 0.2) is 18.3 Å². The minimum atomic E-state index is 0.0235. The van der Waals surface area contributed by atoms with Crippen LogP contribution in [-0.4, -0.2) is 21.8 Å². The van der Waals surface area contributed by atoms with Gasteiger partial charge in [0, 0.05) is 17.9 Å². The zero-order valence-corrected chi connectivity index (χ0v) is 12.5. The summed E-state index contributed by atoms with van der Waals surface area (Å²) in [6, 6.07) is 4.19. The summed E-state index contributed by atoms with van der Waals surface area (Å²) in [4.78, 5) is 4.41. The summed E-state index contributed by atoms with van der Waals surface area (Å²) >= 11 is 6.29. The molecule has 0 fully saturated rings. The van der Waals surface area contributed by atoms with Crippen LogP contribution in [-0.2, 0) is 6.54 Å². The topological polar surface area (TPSA) is 42.7 Å². The van der Waals surface area contributed by atoms with E-state index in [1.54, 1.807) is 6.20 Å². The van der Waals surface area contributed by atoms with E-state index < -0.39 is 0 Å². The van der Waals surface area contributed by atoms with Gasteiger partial charge >= 0.3 is 0 Å². The van der Waals surface area contributed by atoms with Gasteiger partial charge in [-0.05, 0) is 45.5 Å². The Hall–Kier alpha value is -1.39. The van der Waals surface area contributed by atoms with Crippen LogP contribution in [0.4, 0.5) is 0 Å². The molecular weight excluding hydrogens is 260 g/mol. The van der Waals surface area contributed by atoms with E-state index in [0.29, 0.717) is 5.02 Å². The lowest BCUT2D eigenvalue weighted by atomic mass is 10.0. The Labute approximate surface area is 118 Å². The molecule has 0 aliphatic heterocycles. The molecule has 0 saturated heterocycles. The molecule has 5 heteroatoms. The van der Waals surface area contributed by atoms with Gasteiger partial charge in [0.2, 0.25) is 0 Å². The van der Waals surface area contributed by atoms with Gasteiger partial charge < -0.3 is 5.32 Å². The Morgan fingerprint density at radius 3 is 2.47 bits per heavy atom. The molecule has 1 atom stereocenters. The second kappa shape index (κ2) is 5.72. The first kappa shape index (κ1) is 14.0. The lowest BCUT2D eigenvalue weighted by molar-refractivity contribution is 0.562. The van der Waals surface area contributed by atoms with Gasteiger partial charge in [0.05, 0.1) is 23.0 Å². The number of pyridine rings is 1. The standard InChI is InChI=1S/C14H19ClN4/c1-5-19-14(12(15)8-17-19)13(16-4)11-6-9(2)18-10(3)7-11/h6-8,13,16H,5H2,1-4H3. The molecule has 2 heterocycles. The molecule has 4 nitrogen and oxygen atoms in total. The van der Waals surface area contributed by atoms with E-state index in [4.69, 9.17) is 11.6 Å². The highest BCUT2D eigenvalue weighted by atomic mass is 35.5. The molecule has 1 N–H and O–H groups in total. The molecular formula is C14H19ClN4. The number of nitrogens with zero attached hydrogens (tertiary/aromatic N) is 3. The van der Waals surface area contributed by atoms with Crippen molar-refractivity contribution in [3.05, 3.63) is 46.0 Å². The highest BCUT2D eigenvalue weighted by molar-refractivity contribution is 6.31. The van der Waals surface area contributed by atoms with E-state index >= 15 is 0 Å². The van der Waals surface area contributed by atoms with E-state index in [9.17, 15) is 0 Å². The quantitative estimate of drug-likeness (QED) is 0.935. The van der Waals surface area contributed by atoms with Gasteiger partial charge in [-0.3, -0.25) is 9.67 Å². The van der Waals surface area contributed by atoms with Crippen molar-refractivity contribution in [2.24, 2.45) is 0 Å². The lowest BCUT2D eigenvalue weighted by Crippen LogP contribution is -2.22. The summed E-state index contributed by atoms with van der Waals surface area (Å²) in [5.41, 5.74) is 4.17. The van der Waals surface area contributed by atoms with Crippen LogP contribution in [0.25, 0.3) is 0 Å². The van der Waals surface area contributed by atoms with E-state index in [2.05, 4.69) is 34.5 Å². The average Bonchev–Trinajstić information content (AvgIpc) is 2.71. The lowest BCUT2D eigenvalue weighted by Gasteiger charge is -2.19. The predicted molar refractivity (Wildman–Crippen MR) is 77.5 cm³/mol. The van der Waals surface area contributed by atoms with Crippen LogP contribution in [0.1, 0.15) is 35.6 Å². The third-order valence-corrected chi connectivity index (χ3v) is 3.42. The second-order valence-electron chi connectivity index (χ2n) is 4.60. The number of hydrogen-bond donors (Lipinski definition) is 1. The number of halogens is 1. The molecule has 0 amide bonds. The monoisotopic (exact) mass is 278 g/mol. The molecule has 102 valence electrons. The molecule has 0 spiro atoms. The Balaban J connectivity index is 2.52. The molecule has 0 saturated carbocycles. The summed E-state index contributed by atoms with van der Waals surface area (Å²) in [6.07, 6.45) is 1.70. The van der Waals surface area contributed by atoms with Crippen molar-refractivity contribution in [1.82, 2.24) is 20.1 Å². The van der Waals surface area contributed by atoms with E-state index in [1.165, 1.54) is 0 Å². The maximum absolute atomic E-state index is 6.29. The molecule has 0 aromatic carbocycles. The maximum Gasteiger partial charge on any atom is 0.0837 e. The Bertz CT molecular complexity index is 557. The first-order chi connectivity index (χ1) is 9.06. The highest BCUT2D eigenvalue weighted by Crippen LogP contribution is 2.28. The van der Waals surface area contributed by atoms with Crippen LogP contribution in [0.5, 0.6) is 0 Å². The molecule has 2 rings (SSSR count). The normalized spacial score (nSPS) is 12.7. The molecule has 0 radical (unpaired) electrons.